The maximum absolute atomic E-state index is 13.2. The predicted molar refractivity (Wildman–Crippen MR) is 122 cm³/mol. The van der Waals surface area contributed by atoms with Gasteiger partial charge in [0.15, 0.2) is 0 Å². The molecule has 1 N–H and O–H groups in total. The first-order valence-corrected chi connectivity index (χ1v) is 10.5. The SMILES string of the molecule is CCOc1ccc(CN2C(=O)c3ccccc3C2=O)cc1C(=O)Nc1c(C)cccc1C. The number of carbonyl (C=O) groups excluding carboxylic acids is 3. The van der Waals surface area contributed by atoms with Crippen LogP contribution in [0.5, 0.6) is 5.75 Å². The average molecular weight is 428 g/mol. The van der Waals surface area contributed by atoms with Crippen molar-refractivity contribution in [2.24, 2.45) is 0 Å². The third-order valence-corrected chi connectivity index (χ3v) is 5.53. The lowest BCUT2D eigenvalue weighted by Crippen LogP contribution is -2.29. The largest absolute Gasteiger partial charge is 0.493 e. The van der Waals surface area contributed by atoms with Gasteiger partial charge in [-0.1, -0.05) is 36.4 Å². The zero-order valence-corrected chi connectivity index (χ0v) is 18.3. The number of para-hydroxylation sites is 1. The van der Waals surface area contributed by atoms with Crippen molar-refractivity contribution in [2.75, 3.05) is 11.9 Å². The molecule has 1 aliphatic heterocycles. The van der Waals surface area contributed by atoms with Crippen LogP contribution in [0.25, 0.3) is 0 Å². The highest BCUT2D eigenvalue weighted by Gasteiger charge is 2.35. The van der Waals surface area contributed by atoms with Crippen molar-refractivity contribution in [1.29, 1.82) is 0 Å². The lowest BCUT2D eigenvalue weighted by atomic mass is 10.1. The van der Waals surface area contributed by atoms with Gasteiger partial charge in [-0.05, 0) is 61.7 Å². The minimum atomic E-state index is -0.332. The van der Waals surface area contributed by atoms with Gasteiger partial charge in [-0.2, -0.15) is 0 Å². The van der Waals surface area contributed by atoms with E-state index in [-0.39, 0.29) is 24.3 Å². The molecule has 0 saturated carbocycles. The number of nitrogens with zero attached hydrogens (tertiary/aromatic N) is 1. The summed E-state index contributed by atoms with van der Waals surface area (Å²) in [7, 11) is 0. The van der Waals surface area contributed by atoms with Gasteiger partial charge in [0, 0.05) is 5.69 Å². The van der Waals surface area contributed by atoms with Gasteiger partial charge < -0.3 is 10.1 Å². The molecule has 0 radical (unpaired) electrons. The molecule has 0 saturated heterocycles. The first-order valence-electron chi connectivity index (χ1n) is 10.5. The summed E-state index contributed by atoms with van der Waals surface area (Å²) in [5.74, 6) is -0.528. The van der Waals surface area contributed by atoms with Crippen molar-refractivity contribution in [3.63, 3.8) is 0 Å². The third kappa shape index (κ3) is 3.87. The Kier molecular flexibility index (Phi) is 5.77. The molecule has 0 fully saturated rings. The number of hydrogen-bond acceptors (Lipinski definition) is 4. The third-order valence-electron chi connectivity index (χ3n) is 5.53. The molecular formula is C26H24N2O4. The number of anilines is 1. The summed E-state index contributed by atoms with van der Waals surface area (Å²) in [5, 5.41) is 2.98. The van der Waals surface area contributed by atoms with Gasteiger partial charge in [0.25, 0.3) is 17.7 Å². The fraction of sp³-hybridized carbons (Fsp3) is 0.192. The summed E-state index contributed by atoms with van der Waals surface area (Å²) in [6.45, 7) is 6.19. The summed E-state index contributed by atoms with van der Waals surface area (Å²) in [6, 6.07) is 17.7. The molecule has 3 amide bonds. The second kappa shape index (κ2) is 8.67. The van der Waals surface area contributed by atoms with Crippen LogP contribution in [-0.4, -0.2) is 29.2 Å². The molecule has 6 heteroatoms. The van der Waals surface area contributed by atoms with Crippen molar-refractivity contribution in [3.05, 3.63) is 94.0 Å². The number of carbonyl (C=O) groups is 3. The van der Waals surface area contributed by atoms with E-state index in [1.165, 1.54) is 4.90 Å². The Morgan fingerprint density at radius 1 is 0.906 bits per heavy atom. The molecule has 1 aliphatic rings. The predicted octanol–water partition coefficient (Wildman–Crippen LogP) is 4.75. The zero-order chi connectivity index (χ0) is 22.8. The molecule has 4 rings (SSSR count). The summed E-state index contributed by atoms with van der Waals surface area (Å²) in [5.41, 5.74) is 4.48. The smallest absolute Gasteiger partial charge is 0.261 e. The second-order valence-corrected chi connectivity index (χ2v) is 7.73. The minimum Gasteiger partial charge on any atom is -0.493 e. The highest BCUT2D eigenvalue weighted by atomic mass is 16.5. The maximum atomic E-state index is 13.2. The fourth-order valence-corrected chi connectivity index (χ4v) is 3.89. The molecule has 6 nitrogen and oxygen atoms in total. The molecule has 3 aromatic carbocycles. The number of rotatable bonds is 6. The average Bonchev–Trinajstić information content (AvgIpc) is 3.02. The van der Waals surface area contributed by atoms with Crippen LogP contribution in [0.1, 0.15) is 54.7 Å². The van der Waals surface area contributed by atoms with Crippen LogP contribution in [0.2, 0.25) is 0 Å². The maximum Gasteiger partial charge on any atom is 0.261 e. The van der Waals surface area contributed by atoms with Crippen molar-refractivity contribution in [3.8, 4) is 5.75 Å². The normalized spacial score (nSPS) is 12.7. The van der Waals surface area contributed by atoms with E-state index in [1.807, 2.05) is 39.0 Å². The van der Waals surface area contributed by atoms with Crippen molar-refractivity contribution >= 4 is 23.4 Å². The monoisotopic (exact) mass is 428 g/mol. The van der Waals surface area contributed by atoms with E-state index in [1.54, 1.807) is 42.5 Å². The van der Waals surface area contributed by atoms with E-state index in [2.05, 4.69) is 5.32 Å². The van der Waals surface area contributed by atoms with Gasteiger partial charge in [-0.3, -0.25) is 19.3 Å². The second-order valence-electron chi connectivity index (χ2n) is 7.73. The zero-order valence-electron chi connectivity index (χ0n) is 18.3. The van der Waals surface area contributed by atoms with Crippen LogP contribution in [0.15, 0.2) is 60.7 Å². The summed E-state index contributed by atoms with van der Waals surface area (Å²) in [4.78, 5) is 39.8. The summed E-state index contributed by atoms with van der Waals surface area (Å²) >= 11 is 0. The van der Waals surface area contributed by atoms with Crippen LogP contribution in [0.3, 0.4) is 0 Å². The van der Waals surface area contributed by atoms with Crippen LogP contribution in [-0.2, 0) is 6.54 Å². The highest BCUT2D eigenvalue weighted by Crippen LogP contribution is 2.28. The van der Waals surface area contributed by atoms with Gasteiger partial charge in [0.2, 0.25) is 0 Å². The molecule has 0 aliphatic carbocycles. The van der Waals surface area contributed by atoms with Crippen LogP contribution < -0.4 is 10.1 Å². The molecule has 0 bridgehead atoms. The number of fused-ring (bicyclic) bond motifs is 1. The van der Waals surface area contributed by atoms with E-state index in [9.17, 15) is 14.4 Å². The number of hydrogen-bond donors (Lipinski definition) is 1. The molecular weight excluding hydrogens is 404 g/mol. The molecule has 1 heterocycles. The van der Waals surface area contributed by atoms with Gasteiger partial charge >= 0.3 is 0 Å². The fourth-order valence-electron chi connectivity index (χ4n) is 3.89. The highest BCUT2D eigenvalue weighted by molar-refractivity contribution is 6.21. The van der Waals surface area contributed by atoms with E-state index in [0.29, 0.717) is 34.6 Å². The van der Waals surface area contributed by atoms with Crippen molar-refractivity contribution < 1.29 is 19.1 Å². The number of imide groups is 1. The van der Waals surface area contributed by atoms with Gasteiger partial charge in [0.1, 0.15) is 5.75 Å². The Morgan fingerprint density at radius 2 is 1.53 bits per heavy atom. The van der Waals surface area contributed by atoms with E-state index < -0.39 is 0 Å². The van der Waals surface area contributed by atoms with Gasteiger partial charge in [0.05, 0.1) is 29.8 Å². The van der Waals surface area contributed by atoms with Crippen LogP contribution >= 0.6 is 0 Å². The lowest BCUT2D eigenvalue weighted by Gasteiger charge is -2.17. The van der Waals surface area contributed by atoms with Gasteiger partial charge in [-0.25, -0.2) is 0 Å². The standard InChI is InChI=1S/C26H24N2O4/c1-4-32-22-13-12-18(15-28-25(30)19-10-5-6-11-20(19)26(28)31)14-21(22)24(29)27-23-16(2)8-7-9-17(23)3/h5-14H,4,15H2,1-3H3,(H,27,29). The Morgan fingerprint density at radius 3 is 2.12 bits per heavy atom. The number of amides is 3. The first-order chi connectivity index (χ1) is 15.4. The Bertz CT molecular complexity index is 1180. The van der Waals surface area contributed by atoms with Crippen molar-refractivity contribution in [2.45, 2.75) is 27.3 Å². The number of aryl methyl sites for hydroxylation is 2. The molecule has 0 spiro atoms. The first kappa shape index (κ1) is 21.3. The van der Waals surface area contributed by atoms with E-state index >= 15 is 0 Å². The number of nitrogens with one attached hydrogen (secondary N) is 1. The topological polar surface area (TPSA) is 75.7 Å². The molecule has 0 unspecified atom stereocenters. The van der Waals surface area contributed by atoms with E-state index in [4.69, 9.17) is 4.74 Å². The quantitative estimate of drug-likeness (QED) is 0.575. The van der Waals surface area contributed by atoms with Crippen LogP contribution in [0, 0.1) is 13.8 Å². The number of benzene rings is 3. The molecule has 162 valence electrons. The number of ether oxygens (including phenoxy) is 1. The molecule has 3 aromatic rings. The summed E-state index contributed by atoms with van der Waals surface area (Å²) in [6.07, 6.45) is 0. The Hall–Kier alpha value is -3.93. The van der Waals surface area contributed by atoms with E-state index in [0.717, 1.165) is 16.8 Å². The Balaban J connectivity index is 1.63. The molecule has 32 heavy (non-hydrogen) atoms. The lowest BCUT2D eigenvalue weighted by molar-refractivity contribution is 0.0642. The Labute approximate surface area is 186 Å². The molecule has 0 atom stereocenters. The van der Waals surface area contributed by atoms with Gasteiger partial charge in [-0.15, -0.1) is 0 Å². The van der Waals surface area contributed by atoms with Crippen LogP contribution in [0.4, 0.5) is 5.69 Å². The summed E-state index contributed by atoms with van der Waals surface area (Å²) < 4.78 is 5.67. The minimum absolute atomic E-state index is 0.0718. The van der Waals surface area contributed by atoms with Crippen molar-refractivity contribution in [1.82, 2.24) is 4.90 Å². The molecule has 0 aromatic heterocycles.